The van der Waals surface area contributed by atoms with E-state index in [-0.39, 0.29) is 18.0 Å². The monoisotopic (exact) mass is 428 g/mol. The summed E-state index contributed by atoms with van der Waals surface area (Å²) in [5.41, 5.74) is 6.94. The highest BCUT2D eigenvalue weighted by Gasteiger charge is 2.27. The van der Waals surface area contributed by atoms with Crippen LogP contribution in [-0.2, 0) is 6.54 Å². The molecule has 0 aliphatic heterocycles. The number of aromatic nitrogens is 2. The molecule has 0 unspecified atom stereocenters. The van der Waals surface area contributed by atoms with Gasteiger partial charge < -0.3 is 10.6 Å². The van der Waals surface area contributed by atoms with E-state index in [0.29, 0.717) is 12.5 Å². The number of hydrogen-bond donors (Lipinski definition) is 2. The molecule has 1 aliphatic carbocycles. The maximum absolute atomic E-state index is 12.3. The first-order valence-corrected chi connectivity index (χ1v) is 11.4. The van der Waals surface area contributed by atoms with Crippen LogP contribution in [0.25, 0.3) is 5.69 Å². The predicted molar refractivity (Wildman–Crippen MR) is 129 cm³/mol. The van der Waals surface area contributed by atoms with Crippen LogP contribution in [0.3, 0.4) is 0 Å². The summed E-state index contributed by atoms with van der Waals surface area (Å²) in [5.74, 6) is 0.760. The molecule has 4 rings (SSSR count). The van der Waals surface area contributed by atoms with Crippen molar-refractivity contribution in [3.05, 3.63) is 94.8 Å². The number of allylic oxidation sites excluding steroid dienone is 1. The van der Waals surface area contributed by atoms with Gasteiger partial charge in [0, 0.05) is 29.8 Å². The zero-order valence-electron chi connectivity index (χ0n) is 19.3. The fraction of sp³-hybridized carbons (Fsp3) is 0.333. The fourth-order valence-corrected chi connectivity index (χ4v) is 4.46. The Morgan fingerprint density at radius 2 is 1.78 bits per heavy atom. The molecule has 2 N–H and O–H groups in total. The van der Waals surface area contributed by atoms with E-state index in [0.717, 1.165) is 29.1 Å². The van der Waals surface area contributed by atoms with Crippen molar-refractivity contribution in [2.45, 2.75) is 58.5 Å². The number of urea groups is 1. The lowest BCUT2D eigenvalue weighted by atomic mass is 9.96. The number of amides is 2. The summed E-state index contributed by atoms with van der Waals surface area (Å²) in [6.45, 7) is 9.13. The van der Waals surface area contributed by atoms with E-state index in [1.54, 1.807) is 0 Å². The van der Waals surface area contributed by atoms with Crippen LogP contribution < -0.4 is 10.6 Å². The van der Waals surface area contributed by atoms with Crippen molar-refractivity contribution in [2.24, 2.45) is 0 Å². The summed E-state index contributed by atoms with van der Waals surface area (Å²) >= 11 is 0. The third kappa shape index (κ3) is 4.77. The molecule has 0 saturated heterocycles. The van der Waals surface area contributed by atoms with Crippen molar-refractivity contribution >= 4 is 6.03 Å². The van der Waals surface area contributed by atoms with E-state index in [9.17, 15) is 4.79 Å². The van der Waals surface area contributed by atoms with Gasteiger partial charge in [-0.05, 0) is 49.4 Å². The number of carbonyl (C=O) groups excluding carboxylic acids is 1. The first-order valence-electron chi connectivity index (χ1n) is 11.4. The number of hydrogen-bond acceptors (Lipinski definition) is 2. The topological polar surface area (TPSA) is 59.0 Å². The number of nitrogens with zero attached hydrogens (tertiary/aromatic N) is 2. The molecule has 5 nitrogen and oxygen atoms in total. The minimum absolute atomic E-state index is 0.0169. The minimum Gasteiger partial charge on any atom is -0.334 e. The van der Waals surface area contributed by atoms with Crippen molar-refractivity contribution < 1.29 is 4.79 Å². The zero-order valence-corrected chi connectivity index (χ0v) is 19.3. The summed E-state index contributed by atoms with van der Waals surface area (Å²) in [6.07, 6.45) is 5.14. The van der Waals surface area contributed by atoms with E-state index in [1.807, 2.05) is 35.0 Å². The van der Waals surface area contributed by atoms with Crippen molar-refractivity contribution in [3.63, 3.8) is 0 Å². The molecular formula is C27H32N4O. The van der Waals surface area contributed by atoms with Gasteiger partial charge in [0.25, 0.3) is 0 Å². The van der Waals surface area contributed by atoms with Crippen LogP contribution in [0.1, 0.15) is 60.2 Å². The average molecular weight is 429 g/mol. The van der Waals surface area contributed by atoms with Gasteiger partial charge in [0.05, 0.1) is 11.4 Å². The van der Waals surface area contributed by atoms with Gasteiger partial charge in [-0.15, -0.1) is 0 Å². The van der Waals surface area contributed by atoms with Gasteiger partial charge in [-0.1, -0.05) is 68.5 Å². The van der Waals surface area contributed by atoms with Crippen LogP contribution in [-0.4, -0.2) is 21.9 Å². The molecule has 5 heteroatoms. The van der Waals surface area contributed by atoms with Crippen LogP contribution in [0.5, 0.6) is 0 Å². The normalized spacial score (nSPS) is 17.7. The third-order valence-corrected chi connectivity index (χ3v) is 6.22. The van der Waals surface area contributed by atoms with Crippen molar-refractivity contribution in [1.29, 1.82) is 0 Å². The first kappa shape index (κ1) is 21.9. The number of rotatable bonds is 6. The summed E-state index contributed by atoms with van der Waals surface area (Å²) in [5, 5.41) is 10.9. The van der Waals surface area contributed by atoms with Gasteiger partial charge in [0.2, 0.25) is 0 Å². The van der Waals surface area contributed by atoms with Crippen LogP contribution >= 0.6 is 0 Å². The highest BCUT2D eigenvalue weighted by molar-refractivity contribution is 5.74. The molecule has 1 aliphatic rings. The molecule has 32 heavy (non-hydrogen) atoms. The fourth-order valence-electron chi connectivity index (χ4n) is 4.46. The number of carbonyl (C=O) groups is 1. The minimum atomic E-state index is -0.140. The first-order chi connectivity index (χ1) is 15.4. The zero-order chi connectivity index (χ0) is 22.7. The highest BCUT2D eigenvalue weighted by atomic mass is 16.2. The van der Waals surface area contributed by atoms with Crippen LogP contribution in [0, 0.1) is 13.8 Å². The summed E-state index contributed by atoms with van der Waals surface area (Å²) in [7, 11) is 0. The van der Waals surface area contributed by atoms with Crippen molar-refractivity contribution in [3.8, 4) is 5.69 Å². The number of nitrogens with one attached hydrogen (secondary N) is 2. The second kappa shape index (κ2) is 9.43. The Labute approximate surface area is 190 Å². The average Bonchev–Trinajstić information content (AvgIpc) is 3.36. The van der Waals surface area contributed by atoms with Crippen LogP contribution in [0.15, 0.2) is 66.7 Å². The van der Waals surface area contributed by atoms with Gasteiger partial charge in [-0.2, -0.15) is 5.10 Å². The molecular weight excluding hydrogens is 396 g/mol. The van der Waals surface area contributed by atoms with E-state index in [2.05, 4.69) is 74.7 Å². The lowest BCUT2D eigenvalue weighted by molar-refractivity contribution is 0.238. The number of benzene rings is 2. The van der Waals surface area contributed by atoms with Crippen LogP contribution in [0.2, 0.25) is 0 Å². The Hall–Kier alpha value is -3.34. The van der Waals surface area contributed by atoms with Crippen molar-refractivity contribution in [2.75, 3.05) is 0 Å². The Morgan fingerprint density at radius 1 is 1.06 bits per heavy atom. The SMILES string of the molecule is Cc1nn(-c2ccc(C(C)C)cc2)c(C)c1[C@@H]1C=C[C@@H](NC(=O)NCc2ccccc2)C1. The lowest BCUT2D eigenvalue weighted by Gasteiger charge is -2.15. The Balaban J connectivity index is 1.40. The van der Waals surface area contributed by atoms with E-state index in [1.165, 1.54) is 11.1 Å². The molecule has 1 heterocycles. The van der Waals surface area contributed by atoms with E-state index < -0.39 is 0 Å². The predicted octanol–water partition coefficient (Wildman–Crippen LogP) is 5.52. The molecule has 2 amide bonds. The molecule has 2 aromatic carbocycles. The molecule has 3 aromatic rings. The van der Waals surface area contributed by atoms with Crippen LogP contribution in [0.4, 0.5) is 4.79 Å². The van der Waals surface area contributed by atoms with Gasteiger partial charge >= 0.3 is 6.03 Å². The van der Waals surface area contributed by atoms with Crippen molar-refractivity contribution in [1.82, 2.24) is 20.4 Å². The van der Waals surface area contributed by atoms with Gasteiger partial charge in [-0.25, -0.2) is 9.48 Å². The third-order valence-electron chi connectivity index (χ3n) is 6.22. The summed E-state index contributed by atoms with van der Waals surface area (Å²) < 4.78 is 2.04. The molecule has 166 valence electrons. The number of aryl methyl sites for hydroxylation is 1. The molecule has 1 aromatic heterocycles. The second-order valence-electron chi connectivity index (χ2n) is 8.89. The van der Waals surface area contributed by atoms with Gasteiger partial charge in [-0.3, -0.25) is 0 Å². The maximum Gasteiger partial charge on any atom is 0.315 e. The van der Waals surface area contributed by atoms with E-state index in [4.69, 9.17) is 5.10 Å². The highest BCUT2D eigenvalue weighted by Crippen LogP contribution is 2.34. The van der Waals surface area contributed by atoms with E-state index >= 15 is 0 Å². The Bertz CT molecular complexity index is 1100. The molecule has 0 saturated carbocycles. The Kier molecular flexibility index (Phi) is 6.45. The molecule has 0 spiro atoms. The lowest BCUT2D eigenvalue weighted by Crippen LogP contribution is -2.40. The molecule has 2 atom stereocenters. The molecule has 0 bridgehead atoms. The van der Waals surface area contributed by atoms with Gasteiger partial charge in [0.15, 0.2) is 0 Å². The molecule has 0 radical (unpaired) electrons. The smallest absolute Gasteiger partial charge is 0.315 e. The quantitative estimate of drug-likeness (QED) is 0.508. The second-order valence-corrected chi connectivity index (χ2v) is 8.89. The molecule has 0 fully saturated rings. The summed E-state index contributed by atoms with van der Waals surface area (Å²) in [6, 6.07) is 18.5. The maximum atomic E-state index is 12.3. The summed E-state index contributed by atoms with van der Waals surface area (Å²) in [4.78, 5) is 12.3. The largest absolute Gasteiger partial charge is 0.334 e. The standard InChI is InChI=1S/C27H32N4O/c1-18(2)22-11-14-25(15-12-22)31-20(4)26(19(3)30-31)23-10-13-24(16-23)29-27(32)28-17-21-8-6-5-7-9-21/h5-15,18,23-24H,16-17H2,1-4H3,(H2,28,29,32)/t23-,24-/m1/s1. The van der Waals surface area contributed by atoms with Gasteiger partial charge in [0.1, 0.15) is 0 Å². The Morgan fingerprint density at radius 3 is 2.47 bits per heavy atom.